The van der Waals surface area contributed by atoms with E-state index in [0.29, 0.717) is 11.6 Å². The summed E-state index contributed by atoms with van der Waals surface area (Å²) in [5.74, 6) is 0. The molecule has 1 aliphatic rings. The Kier molecular flexibility index (Phi) is 4.46. The van der Waals surface area contributed by atoms with Gasteiger partial charge in [-0.1, -0.05) is 17.7 Å². The number of carbonyl (C=O) groups is 1. The zero-order chi connectivity index (χ0) is 18.3. The third kappa shape index (κ3) is 2.99. The minimum absolute atomic E-state index is 0.0238. The largest absolute Gasteiger partial charge is 0.324 e. The molecule has 3 heterocycles. The summed E-state index contributed by atoms with van der Waals surface area (Å²) in [5.41, 5.74) is 3.12. The van der Waals surface area contributed by atoms with Gasteiger partial charge in [0, 0.05) is 30.2 Å². The number of fused-ring (bicyclic) bond motifs is 1. The van der Waals surface area contributed by atoms with Crippen LogP contribution in [0.4, 0.5) is 10.5 Å². The van der Waals surface area contributed by atoms with Gasteiger partial charge in [-0.25, -0.2) is 9.78 Å². The molecule has 134 valence electrons. The number of urea groups is 1. The number of anilines is 1. The fourth-order valence-corrected chi connectivity index (χ4v) is 4.28. The predicted molar refractivity (Wildman–Crippen MR) is 104 cm³/mol. The van der Waals surface area contributed by atoms with Crippen molar-refractivity contribution in [2.24, 2.45) is 0 Å². The first kappa shape index (κ1) is 17.1. The van der Waals surface area contributed by atoms with Crippen LogP contribution < -0.4 is 9.47 Å². The van der Waals surface area contributed by atoms with Crippen LogP contribution in [0.1, 0.15) is 18.3 Å². The van der Waals surface area contributed by atoms with Crippen molar-refractivity contribution < 1.29 is 9.36 Å². The number of aromatic amines is 1. The molecule has 7 heteroatoms. The minimum atomic E-state index is -0.0238. The molecule has 26 heavy (non-hydrogen) atoms. The molecule has 0 spiro atoms. The molecule has 1 N–H and O–H groups in total. The molecule has 0 radical (unpaired) electrons. The fourth-order valence-electron chi connectivity index (χ4n) is 3.37. The number of thiophene rings is 1. The zero-order valence-electron chi connectivity index (χ0n) is 14.6. The van der Waals surface area contributed by atoms with Crippen LogP contribution in [0.2, 0.25) is 5.02 Å². The van der Waals surface area contributed by atoms with Crippen LogP contribution in [0.3, 0.4) is 0 Å². The Bertz CT molecular complexity index is 937. The molecule has 4 rings (SSSR count). The molecule has 1 aromatic carbocycles. The molecule has 3 aromatic rings. The maximum absolute atomic E-state index is 13.1. The lowest BCUT2D eigenvalue weighted by Crippen LogP contribution is -2.51. The Labute approximate surface area is 161 Å². The molecule has 1 aliphatic heterocycles. The summed E-state index contributed by atoms with van der Waals surface area (Å²) in [5, 5.41) is 3.83. The lowest BCUT2D eigenvalue weighted by molar-refractivity contribution is -0.600. The number of rotatable bonds is 2. The van der Waals surface area contributed by atoms with Gasteiger partial charge >= 0.3 is 6.03 Å². The van der Waals surface area contributed by atoms with Crippen molar-refractivity contribution in [1.29, 1.82) is 0 Å². The van der Waals surface area contributed by atoms with E-state index in [1.54, 1.807) is 23.3 Å². The second-order valence-corrected chi connectivity index (χ2v) is 7.89. The van der Waals surface area contributed by atoms with Crippen LogP contribution in [-0.2, 0) is 13.0 Å². The normalized spacial score (nSPS) is 16.4. The van der Waals surface area contributed by atoms with Crippen LogP contribution in [0.15, 0.2) is 48.1 Å². The van der Waals surface area contributed by atoms with E-state index in [1.165, 1.54) is 5.69 Å². The Hall–Kier alpha value is -2.31. The molecule has 0 aliphatic carbocycles. The highest BCUT2D eigenvalue weighted by atomic mass is 35.5. The summed E-state index contributed by atoms with van der Waals surface area (Å²) >= 11 is 7.76. The second-order valence-electron chi connectivity index (χ2n) is 6.52. The number of H-pyrrole nitrogens is 1. The minimum Gasteiger partial charge on any atom is -0.313 e. The quantitative estimate of drug-likeness (QED) is 0.663. The number of benzene rings is 1. The molecule has 5 nitrogen and oxygen atoms in total. The van der Waals surface area contributed by atoms with Gasteiger partial charge in [0.1, 0.15) is 5.69 Å². The van der Waals surface area contributed by atoms with Gasteiger partial charge in [0.2, 0.25) is 6.33 Å². The van der Waals surface area contributed by atoms with Gasteiger partial charge in [0.25, 0.3) is 0 Å². The highest BCUT2D eigenvalue weighted by molar-refractivity contribution is 7.12. The Balaban J connectivity index is 1.62. The van der Waals surface area contributed by atoms with Crippen molar-refractivity contribution in [1.82, 2.24) is 9.88 Å². The van der Waals surface area contributed by atoms with Gasteiger partial charge in [-0.3, -0.25) is 4.90 Å². The summed E-state index contributed by atoms with van der Waals surface area (Å²) in [4.78, 5) is 20.1. The van der Waals surface area contributed by atoms with Crippen molar-refractivity contribution in [2.75, 3.05) is 11.9 Å². The van der Waals surface area contributed by atoms with Crippen LogP contribution >= 0.6 is 22.9 Å². The third-order valence-corrected chi connectivity index (χ3v) is 5.93. The van der Waals surface area contributed by atoms with E-state index in [2.05, 4.69) is 27.9 Å². The molecule has 1 atom stereocenters. The first-order valence-electron chi connectivity index (χ1n) is 8.49. The SMILES string of the molecule is CC1Cc2[nH]c[n+](-c3cccs3)c2CN1C(=O)N(C)c1cccc(Cl)c1. The van der Waals surface area contributed by atoms with Crippen LogP contribution in [0.25, 0.3) is 5.00 Å². The van der Waals surface area contributed by atoms with E-state index >= 15 is 0 Å². The van der Waals surface area contributed by atoms with Crippen molar-refractivity contribution in [3.8, 4) is 5.00 Å². The Morgan fingerprint density at radius 3 is 2.96 bits per heavy atom. The first-order valence-corrected chi connectivity index (χ1v) is 9.75. The van der Waals surface area contributed by atoms with Crippen LogP contribution in [0.5, 0.6) is 0 Å². The van der Waals surface area contributed by atoms with E-state index < -0.39 is 0 Å². The number of halogens is 1. The lowest BCUT2D eigenvalue weighted by atomic mass is 10.0. The summed E-state index contributed by atoms with van der Waals surface area (Å²) in [6.45, 7) is 2.66. The number of hydrogen-bond acceptors (Lipinski definition) is 2. The van der Waals surface area contributed by atoms with Crippen LogP contribution in [0, 0.1) is 0 Å². The molecule has 1 unspecified atom stereocenters. The van der Waals surface area contributed by atoms with E-state index in [4.69, 9.17) is 11.6 Å². The predicted octanol–water partition coefficient (Wildman–Crippen LogP) is 4.01. The maximum Gasteiger partial charge on any atom is 0.324 e. The van der Waals surface area contributed by atoms with Crippen molar-refractivity contribution in [3.05, 3.63) is 64.5 Å². The van der Waals surface area contributed by atoms with E-state index in [1.807, 2.05) is 41.6 Å². The molecule has 0 fully saturated rings. The average Bonchev–Trinajstić information content (AvgIpc) is 3.28. The summed E-state index contributed by atoms with van der Waals surface area (Å²) < 4.78 is 2.14. The van der Waals surface area contributed by atoms with Gasteiger partial charge in [-0.05, 0) is 42.6 Å². The van der Waals surface area contributed by atoms with E-state index in [9.17, 15) is 4.79 Å². The summed E-state index contributed by atoms with van der Waals surface area (Å²) in [6, 6.07) is 11.6. The lowest BCUT2D eigenvalue weighted by Gasteiger charge is -2.34. The highest BCUT2D eigenvalue weighted by Crippen LogP contribution is 2.25. The second kappa shape index (κ2) is 6.78. The number of aromatic nitrogens is 2. The molecule has 2 aromatic heterocycles. The topological polar surface area (TPSA) is 43.2 Å². The molecular formula is C19H20ClN4OS+. The van der Waals surface area contributed by atoms with Gasteiger partial charge in [0.15, 0.2) is 10.7 Å². The first-order chi connectivity index (χ1) is 12.5. The number of nitrogens with zero attached hydrogens (tertiary/aromatic N) is 3. The van der Waals surface area contributed by atoms with Gasteiger partial charge in [-0.15, -0.1) is 11.3 Å². The summed E-state index contributed by atoms with van der Waals surface area (Å²) in [6.07, 6.45) is 2.79. The number of hydrogen-bond donors (Lipinski definition) is 1. The molecule has 2 amide bonds. The molecular weight excluding hydrogens is 368 g/mol. The number of imidazole rings is 1. The maximum atomic E-state index is 13.1. The van der Waals surface area contributed by atoms with Gasteiger partial charge < -0.3 is 4.90 Å². The smallest absolute Gasteiger partial charge is 0.313 e. The average molecular weight is 388 g/mol. The standard InChI is InChI=1S/C19H19ClN4OS/c1-13-9-16-17(24(12-21-16)18-7-4-8-26-18)11-23(13)19(25)22(2)15-6-3-5-14(20)10-15/h3-8,10,12-13H,9,11H2,1-2H3/p+1. The Morgan fingerprint density at radius 1 is 1.38 bits per heavy atom. The Morgan fingerprint density at radius 2 is 2.23 bits per heavy atom. The number of carbonyl (C=O) groups excluding carboxylic acids is 1. The fraction of sp³-hybridized carbons (Fsp3) is 0.263. The van der Waals surface area contributed by atoms with Crippen LogP contribution in [-0.4, -0.2) is 29.0 Å². The monoisotopic (exact) mass is 387 g/mol. The molecule has 0 saturated heterocycles. The van der Waals surface area contributed by atoms with Crippen molar-refractivity contribution in [2.45, 2.75) is 25.9 Å². The van der Waals surface area contributed by atoms with Crippen molar-refractivity contribution >= 4 is 34.7 Å². The summed E-state index contributed by atoms with van der Waals surface area (Å²) in [7, 11) is 1.79. The third-order valence-electron chi connectivity index (χ3n) is 4.83. The molecule has 0 saturated carbocycles. The number of amides is 2. The van der Waals surface area contributed by atoms with E-state index in [-0.39, 0.29) is 12.1 Å². The van der Waals surface area contributed by atoms with E-state index in [0.717, 1.165) is 22.8 Å². The zero-order valence-corrected chi connectivity index (χ0v) is 16.2. The van der Waals surface area contributed by atoms with Gasteiger partial charge in [-0.2, -0.15) is 4.57 Å². The molecule has 0 bridgehead atoms. The van der Waals surface area contributed by atoms with Gasteiger partial charge in [0.05, 0.1) is 6.54 Å². The highest BCUT2D eigenvalue weighted by Gasteiger charge is 2.35. The number of nitrogens with one attached hydrogen (secondary N) is 1. The van der Waals surface area contributed by atoms with Crippen molar-refractivity contribution in [3.63, 3.8) is 0 Å².